The monoisotopic (exact) mass is 856 g/mol. The van der Waals surface area contributed by atoms with E-state index < -0.39 is 17.5 Å². The molecule has 0 aliphatic heterocycles. The summed E-state index contributed by atoms with van der Waals surface area (Å²) in [5.74, 6) is -2.75. The van der Waals surface area contributed by atoms with Crippen LogP contribution in [0.1, 0.15) is 87.2 Å². The maximum atomic E-state index is 13.8. The topological polar surface area (TPSA) is 164 Å². The number of amides is 5. The van der Waals surface area contributed by atoms with E-state index >= 15 is 0 Å². The number of primary amides is 1. The summed E-state index contributed by atoms with van der Waals surface area (Å²) in [7, 11) is 0. The number of anilines is 2. The van der Waals surface area contributed by atoms with Crippen molar-refractivity contribution in [1.82, 2.24) is 10.6 Å². The smallest absolute Gasteiger partial charge is 0.265 e. The lowest BCUT2D eigenvalue weighted by Crippen LogP contribution is -2.25. The van der Waals surface area contributed by atoms with Gasteiger partial charge in [-0.25, -0.2) is 13.6 Å². The molecule has 2 aliphatic rings. The van der Waals surface area contributed by atoms with Crippen molar-refractivity contribution in [2.24, 2.45) is 5.73 Å². The number of hydrogen-bond acceptors (Lipinski definition) is 7. The summed E-state index contributed by atoms with van der Waals surface area (Å²) < 4.78 is 27.6. The van der Waals surface area contributed by atoms with Crippen LogP contribution in [0.3, 0.4) is 0 Å². The Bertz CT molecular complexity index is 2770. The first-order chi connectivity index (χ1) is 29.2. The van der Waals surface area contributed by atoms with Crippen molar-refractivity contribution in [3.05, 3.63) is 158 Å². The average molecular weight is 857 g/mol. The Labute approximate surface area is 357 Å². The van der Waals surface area contributed by atoms with Crippen LogP contribution in [0, 0.1) is 32.1 Å². The zero-order valence-corrected chi connectivity index (χ0v) is 34.5. The summed E-state index contributed by atoms with van der Waals surface area (Å²) in [6.45, 7) is 10.8. The predicted octanol–water partition coefficient (Wildman–Crippen LogP) is 9.66. The molecule has 0 radical (unpaired) electrons. The molecule has 0 bridgehead atoms. The minimum absolute atomic E-state index is 0.0614. The molecule has 8 rings (SSSR count). The lowest BCUT2D eigenvalue weighted by molar-refractivity contribution is 0.0942. The van der Waals surface area contributed by atoms with Crippen molar-refractivity contribution in [2.45, 2.75) is 51.6 Å². The maximum Gasteiger partial charge on any atom is 0.265 e. The molecular weight excluding hydrogens is 819 g/mol. The van der Waals surface area contributed by atoms with Crippen LogP contribution in [0.4, 0.5) is 25.8 Å². The normalized spacial score (nSPS) is 12.9. The number of rotatable bonds is 11. The first kappa shape index (κ1) is 42.1. The number of carbonyl (C=O) groups is 5. The predicted molar refractivity (Wildman–Crippen MR) is 233 cm³/mol. The fourth-order valence-electron chi connectivity index (χ4n) is 6.04. The van der Waals surface area contributed by atoms with E-state index in [9.17, 15) is 32.8 Å². The molecule has 4 aromatic carbocycles. The van der Waals surface area contributed by atoms with Crippen LogP contribution in [0.25, 0.3) is 25.7 Å². The Morgan fingerprint density at radius 2 is 1.05 bits per heavy atom. The highest BCUT2D eigenvalue weighted by atomic mass is 32.1. The molecule has 2 saturated carbocycles. The standard InChI is InChI=1S/C23H20FN3O3S.C23H18FN3O2S/c1-12-2-3-13(22(29)26-17-4-5-17)11-18(12)27-23(30)20-7-6-19(31-20)14-8-15(21(25)28)10-16(24)9-14;1-13-3-4-14(22(28)26-17-5-6-17)11-19(13)27-23(29)21-8-7-20(30-21)15-9-16(24)12-18(10-15)25-2/h2-3,6-11,17H,4-5H2,1H3,(H2,25,28)(H,26,29)(H,27,30);3-4,7-12,17H,5-6H2,1H3,(H,26,28)(H,27,29). The van der Waals surface area contributed by atoms with Crippen molar-refractivity contribution >= 4 is 69.3 Å². The van der Waals surface area contributed by atoms with Crippen molar-refractivity contribution < 1.29 is 32.8 Å². The average Bonchev–Trinajstić information content (AvgIpc) is 4.12. The second kappa shape index (κ2) is 18.1. The van der Waals surface area contributed by atoms with Gasteiger partial charge in [-0.15, -0.1) is 22.7 Å². The summed E-state index contributed by atoms with van der Waals surface area (Å²) >= 11 is 2.38. The fourth-order valence-corrected chi connectivity index (χ4v) is 7.82. The summed E-state index contributed by atoms with van der Waals surface area (Å²) in [5.41, 5.74) is 10.3. The molecule has 6 aromatic rings. The Hall–Kier alpha value is -7.02. The SMILES string of the molecule is Cc1ccc(C(=O)NC2CC2)cc1NC(=O)c1ccc(-c2cc(F)cc(C(N)=O)c2)s1.[C-]#[N+]c1cc(F)cc(-c2ccc(C(=O)Nc3cc(C(=O)NC4CC4)ccc3C)s2)c1. The van der Waals surface area contributed by atoms with Gasteiger partial charge >= 0.3 is 0 Å². The Morgan fingerprint density at radius 1 is 0.590 bits per heavy atom. The van der Waals surface area contributed by atoms with Gasteiger partial charge in [0, 0.05) is 49.9 Å². The molecule has 11 nitrogen and oxygen atoms in total. The zero-order valence-electron chi connectivity index (χ0n) is 32.9. The van der Waals surface area contributed by atoms with Gasteiger partial charge in [-0.05, 0) is 147 Å². The van der Waals surface area contributed by atoms with Gasteiger partial charge in [-0.3, -0.25) is 24.0 Å². The molecule has 2 aliphatic carbocycles. The molecule has 15 heteroatoms. The van der Waals surface area contributed by atoms with Crippen LogP contribution in [0.5, 0.6) is 0 Å². The number of hydrogen-bond donors (Lipinski definition) is 5. The van der Waals surface area contributed by atoms with Gasteiger partial charge in [0.2, 0.25) is 5.91 Å². The van der Waals surface area contributed by atoms with Crippen molar-refractivity contribution in [2.75, 3.05) is 10.6 Å². The molecular formula is C46H38F2N6O5S2. The summed E-state index contributed by atoms with van der Waals surface area (Å²) in [6.07, 6.45) is 4.00. The van der Waals surface area contributed by atoms with Gasteiger partial charge in [-0.1, -0.05) is 12.1 Å². The summed E-state index contributed by atoms with van der Waals surface area (Å²) in [4.78, 5) is 66.9. The third-order valence-corrected chi connectivity index (χ3v) is 12.0. The Morgan fingerprint density at radius 3 is 1.49 bits per heavy atom. The van der Waals surface area contributed by atoms with E-state index in [1.807, 2.05) is 13.8 Å². The van der Waals surface area contributed by atoms with E-state index in [0.717, 1.165) is 42.9 Å². The van der Waals surface area contributed by atoms with Crippen LogP contribution < -0.4 is 27.0 Å². The first-order valence-corrected chi connectivity index (χ1v) is 20.8. The molecule has 5 amide bonds. The molecule has 61 heavy (non-hydrogen) atoms. The van der Waals surface area contributed by atoms with Gasteiger partial charge in [-0.2, -0.15) is 0 Å². The summed E-state index contributed by atoms with van der Waals surface area (Å²) in [6, 6.07) is 25.6. The van der Waals surface area contributed by atoms with Crippen molar-refractivity contribution in [1.29, 1.82) is 0 Å². The minimum atomic E-state index is -0.726. The van der Waals surface area contributed by atoms with E-state index in [0.29, 0.717) is 53.1 Å². The van der Waals surface area contributed by atoms with E-state index in [2.05, 4.69) is 26.1 Å². The van der Waals surface area contributed by atoms with Crippen LogP contribution in [0.15, 0.2) is 97.1 Å². The molecule has 2 heterocycles. The highest BCUT2D eigenvalue weighted by Gasteiger charge is 2.25. The fraction of sp³-hybridized carbons (Fsp3) is 0.174. The minimum Gasteiger partial charge on any atom is -0.366 e. The van der Waals surface area contributed by atoms with Gasteiger partial charge in [0.15, 0.2) is 5.69 Å². The molecule has 2 aromatic heterocycles. The van der Waals surface area contributed by atoms with E-state index in [1.54, 1.807) is 66.7 Å². The third kappa shape index (κ3) is 10.8. The van der Waals surface area contributed by atoms with Gasteiger partial charge < -0.3 is 27.0 Å². The number of nitrogens with two attached hydrogens (primary N) is 1. The van der Waals surface area contributed by atoms with E-state index in [-0.39, 0.29) is 47.0 Å². The molecule has 6 N–H and O–H groups in total. The second-order valence-corrected chi connectivity index (χ2v) is 16.9. The summed E-state index contributed by atoms with van der Waals surface area (Å²) in [5, 5.41) is 11.6. The zero-order chi connectivity index (χ0) is 43.4. The van der Waals surface area contributed by atoms with Crippen LogP contribution >= 0.6 is 22.7 Å². The molecule has 2 fully saturated rings. The quantitative estimate of drug-likeness (QED) is 0.0819. The molecule has 0 spiro atoms. The van der Waals surface area contributed by atoms with E-state index in [1.165, 1.54) is 46.9 Å². The van der Waals surface area contributed by atoms with Crippen LogP contribution in [0.2, 0.25) is 0 Å². The number of halogens is 2. The number of carbonyl (C=O) groups excluding carboxylic acids is 5. The molecule has 0 saturated heterocycles. The van der Waals surface area contributed by atoms with Gasteiger partial charge in [0.1, 0.15) is 11.6 Å². The number of nitrogens with zero attached hydrogens (tertiary/aromatic N) is 1. The van der Waals surface area contributed by atoms with Crippen LogP contribution in [-0.4, -0.2) is 41.6 Å². The molecule has 0 atom stereocenters. The molecule has 308 valence electrons. The van der Waals surface area contributed by atoms with E-state index in [4.69, 9.17) is 12.3 Å². The lowest BCUT2D eigenvalue weighted by Gasteiger charge is -2.10. The Balaban J connectivity index is 0.000000184. The highest BCUT2D eigenvalue weighted by molar-refractivity contribution is 7.17. The van der Waals surface area contributed by atoms with Crippen LogP contribution in [-0.2, 0) is 0 Å². The van der Waals surface area contributed by atoms with Crippen molar-refractivity contribution in [3.8, 4) is 20.9 Å². The highest BCUT2D eigenvalue weighted by Crippen LogP contribution is 2.33. The number of aryl methyl sites for hydroxylation is 2. The number of thiophene rings is 2. The number of benzene rings is 4. The molecule has 0 unspecified atom stereocenters. The van der Waals surface area contributed by atoms with Gasteiger partial charge in [0.05, 0.1) is 16.3 Å². The third-order valence-electron chi connectivity index (χ3n) is 9.74. The van der Waals surface area contributed by atoms with Gasteiger partial charge in [0.25, 0.3) is 23.6 Å². The Kier molecular flexibility index (Phi) is 12.5. The second-order valence-electron chi connectivity index (χ2n) is 14.7. The first-order valence-electron chi connectivity index (χ1n) is 19.2. The van der Waals surface area contributed by atoms with Crippen molar-refractivity contribution in [3.63, 3.8) is 0 Å². The lowest BCUT2D eigenvalue weighted by atomic mass is 10.1. The number of nitrogens with one attached hydrogen (secondary N) is 4. The largest absolute Gasteiger partial charge is 0.366 e. The maximum absolute atomic E-state index is 13.8.